The van der Waals surface area contributed by atoms with Gasteiger partial charge in [0.15, 0.2) is 5.96 Å². The Labute approximate surface area is 151 Å². The maximum atomic E-state index is 11.9. The highest BCUT2D eigenvalue weighted by atomic mass is 127. The highest BCUT2D eigenvalue weighted by molar-refractivity contribution is 14.0. The molecule has 0 aromatic heterocycles. The van der Waals surface area contributed by atoms with Crippen LogP contribution in [0.25, 0.3) is 0 Å². The van der Waals surface area contributed by atoms with Crippen LogP contribution < -0.4 is 11.1 Å². The summed E-state index contributed by atoms with van der Waals surface area (Å²) in [6.07, 6.45) is 0.382. The molecule has 0 aromatic rings. The highest BCUT2D eigenvalue weighted by Gasteiger charge is 2.22. The predicted molar refractivity (Wildman–Crippen MR) is 99.9 cm³/mol. The number of carbonyl (C=O) groups excluding carboxylic acids is 1. The van der Waals surface area contributed by atoms with E-state index >= 15 is 0 Å². The molecule has 0 aliphatic rings. The molecule has 0 heterocycles. The van der Waals surface area contributed by atoms with Crippen LogP contribution in [0.1, 0.15) is 34.1 Å². The van der Waals surface area contributed by atoms with E-state index in [0.717, 1.165) is 0 Å². The van der Waals surface area contributed by atoms with Gasteiger partial charge in [-0.25, -0.2) is 4.79 Å². The summed E-state index contributed by atoms with van der Waals surface area (Å²) in [5.74, 6) is 0.388. The zero-order chi connectivity index (χ0) is 16.5. The van der Waals surface area contributed by atoms with Crippen molar-refractivity contribution in [2.45, 2.75) is 45.8 Å². The van der Waals surface area contributed by atoms with Crippen molar-refractivity contribution >= 4 is 36.0 Å². The Bertz CT molecular complexity index is 345. The molecule has 1 atom stereocenters. The zero-order valence-electron chi connectivity index (χ0n) is 14.5. The number of nitrogens with two attached hydrogens (primary N) is 1. The largest absolute Gasteiger partial charge is 0.444 e. The van der Waals surface area contributed by atoms with Crippen molar-refractivity contribution in [2.24, 2.45) is 10.7 Å². The molecule has 1 amide bonds. The zero-order valence-corrected chi connectivity index (χ0v) is 16.8. The van der Waals surface area contributed by atoms with E-state index in [-0.39, 0.29) is 36.1 Å². The number of nitrogens with one attached hydrogen (secondary N) is 1. The molecule has 0 fully saturated rings. The topological polar surface area (TPSA) is 89.2 Å². The third kappa shape index (κ3) is 11.8. The van der Waals surface area contributed by atoms with Crippen molar-refractivity contribution in [3.8, 4) is 0 Å². The van der Waals surface area contributed by atoms with Crippen molar-refractivity contribution in [2.75, 3.05) is 33.9 Å². The first-order valence-electron chi connectivity index (χ1n) is 7.16. The smallest absolute Gasteiger partial charge is 0.410 e. The fourth-order valence-electron chi connectivity index (χ4n) is 1.42. The predicted octanol–water partition coefficient (Wildman–Crippen LogP) is 1.80. The van der Waals surface area contributed by atoms with E-state index < -0.39 is 5.60 Å². The fourth-order valence-corrected chi connectivity index (χ4v) is 1.42. The number of hydrogen-bond donors (Lipinski definition) is 2. The summed E-state index contributed by atoms with van der Waals surface area (Å²) in [5.41, 5.74) is 5.21. The molecule has 0 radical (unpaired) electrons. The van der Waals surface area contributed by atoms with Crippen LogP contribution in [-0.4, -0.2) is 62.4 Å². The van der Waals surface area contributed by atoms with Crippen LogP contribution in [0.4, 0.5) is 4.79 Å². The molecule has 3 N–H and O–H groups in total. The second kappa shape index (κ2) is 11.8. The molecule has 0 spiro atoms. The number of hydrogen-bond acceptors (Lipinski definition) is 4. The van der Waals surface area contributed by atoms with Gasteiger partial charge in [-0.2, -0.15) is 0 Å². The molecule has 1 unspecified atom stereocenters. The molecule has 0 aromatic carbocycles. The number of aliphatic imine (C=N–C) groups is 1. The van der Waals surface area contributed by atoms with Crippen LogP contribution in [0.15, 0.2) is 4.99 Å². The van der Waals surface area contributed by atoms with E-state index in [1.165, 1.54) is 0 Å². The van der Waals surface area contributed by atoms with Crippen LogP contribution in [0.2, 0.25) is 0 Å². The highest BCUT2D eigenvalue weighted by Crippen LogP contribution is 2.11. The molecule has 0 aliphatic carbocycles. The van der Waals surface area contributed by atoms with E-state index in [1.54, 1.807) is 19.1 Å². The van der Waals surface area contributed by atoms with Crippen molar-refractivity contribution in [1.29, 1.82) is 0 Å². The Morgan fingerprint density at radius 2 is 2.00 bits per heavy atom. The van der Waals surface area contributed by atoms with E-state index in [1.807, 2.05) is 27.7 Å². The SMILES string of the molecule is COCCNC(N)=NCCC(C)N(C)C(=O)OC(C)(C)C.I. The minimum atomic E-state index is -0.487. The summed E-state index contributed by atoms with van der Waals surface area (Å²) >= 11 is 0. The van der Waals surface area contributed by atoms with Gasteiger partial charge in [-0.1, -0.05) is 0 Å². The number of rotatable bonds is 7. The van der Waals surface area contributed by atoms with Crippen LogP contribution in [0.5, 0.6) is 0 Å². The Balaban J connectivity index is 0. The number of halogens is 1. The third-order valence-electron chi connectivity index (χ3n) is 2.78. The van der Waals surface area contributed by atoms with E-state index in [4.69, 9.17) is 15.2 Å². The number of carbonyl (C=O) groups is 1. The lowest BCUT2D eigenvalue weighted by Gasteiger charge is -2.28. The molecule has 0 aliphatic heterocycles. The lowest BCUT2D eigenvalue weighted by molar-refractivity contribution is 0.0231. The molecular weight excluding hydrogens is 399 g/mol. The first-order valence-corrected chi connectivity index (χ1v) is 7.16. The quantitative estimate of drug-likeness (QED) is 0.278. The molecular formula is C14H31IN4O3. The third-order valence-corrected chi connectivity index (χ3v) is 2.78. The van der Waals surface area contributed by atoms with Gasteiger partial charge in [0.05, 0.1) is 6.61 Å². The van der Waals surface area contributed by atoms with Gasteiger partial charge in [-0.3, -0.25) is 4.99 Å². The second-order valence-electron chi connectivity index (χ2n) is 5.92. The van der Waals surface area contributed by atoms with Gasteiger partial charge < -0.3 is 25.4 Å². The Kier molecular flexibility index (Phi) is 12.6. The number of methoxy groups -OCH3 is 1. The first kappa shape index (κ1) is 23.5. The average Bonchev–Trinajstić information content (AvgIpc) is 2.36. The maximum Gasteiger partial charge on any atom is 0.410 e. The lowest BCUT2D eigenvalue weighted by atomic mass is 10.2. The van der Waals surface area contributed by atoms with Crippen LogP contribution in [0, 0.1) is 0 Å². The Morgan fingerprint density at radius 1 is 1.41 bits per heavy atom. The number of ether oxygens (including phenoxy) is 2. The summed E-state index contributed by atoms with van der Waals surface area (Å²) in [6, 6.07) is 0.0235. The standard InChI is InChI=1S/C14H30N4O3.HI/c1-11(18(5)13(19)21-14(2,3)4)7-8-16-12(15)17-9-10-20-6;/h11H,7-10H2,1-6H3,(H3,15,16,17);1H. The van der Waals surface area contributed by atoms with Crippen LogP contribution in [0.3, 0.4) is 0 Å². The van der Waals surface area contributed by atoms with Gasteiger partial charge in [0.25, 0.3) is 0 Å². The summed E-state index contributed by atoms with van der Waals surface area (Å²) in [7, 11) is 3.35. The molecule has 0 saturated heterocycles. The van der Waals surface area contributed by atoms with Gasteiger partial charge >= 0.3 is 6.09 Å². The summed E-state index contributed by atoms with van der Waals surface area (Å²) in [4.78, 5) is 17.7. The van der Waals surface area contributed by atoms with Crippen molar-refractivity contribution in [3.05, 3.63) is 0 Å². The average molecular weight is 430 g/mol. The molecule has 22 heavy (non-hydrogen) atoms. The molecule has 0 bridgehead atoms. The van der Waals surface area contributed by atoms with Gasteiger partial charge in [-0.15, -0.1) is 24.0 Å². The maximum absolute atomic E-state index is 11.9. The summed E-state index contributed by atoms with van der Waals surface area (Å²) in [5, 5.41) is 2.94. The van der Waals surface area contributed by atoms with Gasteiger partial charge in [0.2, 0.25) is 0 Å². The van der Waals surface area contributed by atoms with Crippen molar-refractivity contribution < 1.29 is 14.3 Å². The van der Waals surface area contributed by atoms with Crippen molar-refractivity contribution in [1.82, 2.24) is 10.2 Å². The normalized spacial score (nSPS) is 13.1. The van der Waals surface area contributed by atoms with Gasteiger partial charge in [0, 0.05) is 33.3 Å². The number of nitrogens with zero attached hydrogens (tertiary/aromatic N) is 2. The molecule has 0 saturated carbocycles. The van der Waals surface area contributed by atoms with Gasteiger partial charge in [-0.05, 0) is 34.1 Å². The summed E-state index contributed by atoms with van der Waals surface area (Å²) in [6.45, 7) is 9.24. The number of guanidine groups is 1. The molecule has 132 valence electrons. The fraction of sp³-hybridized carbons (Fsp3) is 0.857. The molecule has 8 heteroatoms. The molecule has 7 nitrogen and oxygen atoms in total. The first-order chi connectivity index (χ1) is 9.67. The lowest BCUT2D eigenvalue weighted by Crippen LogP contribution is -2.40. The summed E-state index contributed by atoms with van der Waals surface area (Å²) < 4.78 is 10.2. The van der Waals surface area contributed by atoms with Crippen LogP contribution in [-0.2, 0) is 9.47 Å². The van der Waals surface area contributed by atoms with E-state index in [9.17, 15) is 4.79 Å². The Hall–Kier alpha value is -0.770. The minimum Gasteiger partial charge on any atom is -0.444 e. The van der Waals surface area contributed by atoms with Crippen LogP contribution >= 0.6 is 24.0 Å². The van der Waals surface area contributed by atoms with E-state index in [2.05, 4.69) is 10.3 Å². The Morgan fingerprint density at radius 3 is 2.50 bits per heavy atom. The van der Waals surface area contributed by atoms with Crippen molar-refractivity contribution in [3.63, 3.8) is 0 Å². The monoisotopic (exact) mass is 430 g/mol. The minimum absolute atomic E-state index is 0. The van der Waals surface area contributed by atoms with E-state index in [0.29, 0.717) is 32.1 Å². The van der Waals surface area contributed by atoms with Gasteiger partial charge in [0.1, 0.15) is 5.60 Å². The molecule has 0 rings (SSSR count). The number of amides is 1. The second-order valence-corrected chi connectivity index (χ2v) is 5.92.